The van der Waals surface area contributed by atoms with E-state index in [1.807, 2.05) is 18.2 Å². The van der Waals surface area contributed by atoms with Crippen LogP contribution in [0.25, 0.3) is 0 Å². The van der Waals surface area contributed by atoms with Gasteiger partial charge in [0.2, 0.25) is 0 Å². The smallest absolute Gasteiger partial charge is 0.423 e. The van der Waals surface area contributed by atoms with E-state index >= 15 is 0 Å². The molecule has 1 aromatic rings. The second kappa shape index (κ2) is 4.20. The summed E-state index contributed by atoms with van der Waals surface area (Å²) in [5.41, 5.74) is 1.51. The van der Waals surface area contributed by atoms with E-state index < -0.39 is 7.12 Å². The fraction of sp³-hybridized carbons (Fsp3) is 0.400. The number of benzene rings is 1. The van der Waals surface area contributed by atoms with Gasteiger partial charge in [0.25, 0.3) is 0 Å². The molecule has 0 spiro atoms. The summed E-state index contributed by atoms with van der Waals surface area (Å²) in [4.78, 5) is 0. The van der Waals surface area contributed by atoms with E-state index in [-0.39, 0.29) is 5.41 Å². The minimum Gasteiger partial charge on any atom is -0.423 e. The van der Waals surface area contributed by atoms with Gasteiger partial charge in [-0.05, 0) is 51.2 Å². The average Bonchev–Trinajstić information content (AvgIpc) is 2.01. The van der Waals surface area contributed by atoms with Crippen molar-refractivity contribution in [2.24, 2.45) is 0 Å². The van der Waals surface area contributed by atoms with E-state index in [0.717, 1.165) is 9.13 Å². The fourth-order valence-corrected chi connectivity index (χ4v) is 1.95. The predicted molar refractivity (Wildman–Crippen MR) is 67.7 cm³/mol. The molecule has 0 aromatic heterocycles. The van der Waals surface area contributed by atoms with Gasteiger partial charge in [-0.1, -0.05) is 26.8 Å². The van der Waals surface area contributed by atoms with E-state index in [9.17, 15) is 10.0 Å². The zero-order chi connectivity index (χ0) is 10.9. The SMILES string of the molecule is CC(C)(C)c1ccc(I)cc1B(O)O. The molecule has 0 atom stereocenters. The van der Waals surface area contributed by atoms with E-state index in [2.05, 4.69) is 43.4 Å². The van der Waals surface area contributed by atoms with Gasteiger partial charge >= 0.3 is 7.12 Å². The first-order valence-electron chi connectivity index (χ1n) is 4.48. The monoisotopic (exact) mass is 304 g/mol. The first-order chi connectivity index (χ1) is 6.32. The standard InChI is InChI=1S/C10H14BIO2/c1-10(2,3)8-5-4-7(12)6-9(8)11(13)14/h4-6,13-14H,1-3H3. The third-order valence-corrected chi connectivity index (χ3v) is 2.77. The predicted octanol–water partition coefficient (Wildman–Crippen LogP) is 1.27. The molecule has 4 heteroatoms. The lowest BCUT2D eigenvalue weighted by atomic mass is 9.70. The van der Waals surface area contributed by atoms with Crippen LogP contribution in [0.15, 0.2) is 18.2 Å². The van der Waals surface area contributed by atoms with Crippen molar-refractivity contribution in [2.75, 3.05) is 0 Å². The Bertz CT molecular complexity index is 331. The van der Waals surface area contributed by atoms with Crippen molar-refractivity contribution in [1.82, 2.24) is 0 Å². The van der Waals surface area contributed by atoms with Crippen LogP contribution in [0, 0.1) is 3.57 Å². The molecule has 1 aromatic carbocycles. The summed E-state index contributed by atoms with van der Waals surface area (Å²) in [6, 6.07) is 5.75. The minimum absolute atomic E-state index is 0.0661. The van der Waals surface area contributed by atoms with Crippen LogP contribution >= 0.6 is 22.6 Å². The van der Waals surface area contributed by atoms with E-state index in [1.54, 1.807) is 0 Å². The molecule has 0 unspecified atom stereocenters. The van der Waals surface area contributed by atoms with Gasteiger partial charge in [-0.15, -0.1) is 0 Å². The largest absolute Gasteiger partial charge is 0.488 e. The molecule has 0 fully saturated rings. The molecule has 0 saturated heterocycles. The van der Waals surface area contributed by atoms with Crippen molar-refractivity contribution in [3.8, 4) is 0 Å². The summed E-state index contributed by atoms with van der Waals surface area (Å²) < 4.78 is 1.01. The van der Waals surface area contributed by atoms with Gasteiger partial charge in [0.15, 0.2) is 0 Å². The Morgan fingerprint density at radius 3 is 2.21 bits per heavy atom. The van der Waals surface area contributed by atoms with E-state index in [4.69, 9.17) is 0 Å². The molecular formula is C10H14BIO2. The van der Waals surface area contributed by atoms with Crippen LogP contribution in [0.4, 0.5) is 0 Å². The third kappa shape index (κ3) is 2.71. The molecule has 0 aliphatic rings. The zero-order valence-corrected chi connectivity index (χ0v) is 10.7. The molecule has 1 rings (SSSR count). The fourth-order valence-electron chi connectivity index (χ4n) is 1.43. The Morgan fingerprint density at radius 1 is 1.21 bits per heavy atom. The normalized spacial score (nSPS) is 11.6. The lowest BCUT2D eigenvalue weighted by Crippen LogP contribution is -2.37. The van der Waals surface area contributed by atoms with Crippen molar-refractivity contribution in [2.45, 2.75) is 26.2 Å². The first-order valence-corrected chi connectivity index (χ1v) is 5.56. The summed E-state index contributed by atoms with van der Waals surface area (Å²) in [7, 11) is -1.39. The van der Waals surface area contributed by atoms with Crippen LogP contribution in [0.3, 0.4) is 0 Å². The molecule has 0 radical (unpaired) electrons. The zero-order valence-electron chi connectivity index (χ0n) is 8.58. The number of hydrogen-bond donors (Lipinski definition) is 2. The Morgan fingerprint density at radius 2 is 1.79 bits per heavy atom. The van der Waals surface area contributed by atoms with Crippen LogP contribution in [0.1, 0.15) is 26.3 Å². The van der Waals surface area contributed by atoms with Crippen molar-refractivity contribution in [3.05, 3.63) is 27.3 Å². The van der Waals surface area contributed by atoms with E-state index in [0.29, 0.717) is 5.46 Å². The molecule has 0 amide bonds. The molecule has 14 heavy (non-hydrogen) atoms. The number of rotatable bonds is 1. The van der Waals surface area contributed by atoms with Crippen LogP contribution in [-0.4, -0.2) is 17.2 Å². The van der Waals surface area contributed by atoms with Crippen LogP contribution in [0.5, 0.6) is 0 Å². The van der Waals surface area contributed by atoms with Crippen molar-refractivity contribution >= 4 is 35.2 Å². The molecule has 2 N–H and O–H groups in total. The molecule has 0 aliphatic carbocycles. The Labute approximate surface area is 98.6 Å². The van der Waals surface area contributed by atoms with Gasteiger partial charge in [-0.2, -0.15) is 0 Å². The van der Waals surface area contributed by atoms with Crippen LogP contribution < -0.4 is 5.46 Å². The molecule has 0 heterocycles. The lowest BCUT2D eigenvalue weighted by Gasteiger charge is -2.23. The Kier molecular flexibility index (Phi) is 3.61. The van der Waals surface area contributed by atoms with Gasteiger partial charge in [-0.3, -0.25) is 0 Å². The maximum Gasteiger partial charge on any atom is 0.488 e. The molecule has 76 valence electrons. The maximum atomic E-state index is 9.24. The van der Waals surface area contributed by atoms with Gasteiger partial charge < -0.3 is 10.0 Å². The molecular weight excluding hydrogens is 290 g/mol. The van der Waals surface area contributed by atoms with Gasteiger partial charge in [0.05, 0.1) is 0 Å². The molecule has 0 saturated carbocycles. The van der Waals surface area contributed by atoms with Crippen LogP contribution in [-0.2, 0) is 5.41 Å². The third-order valence-electron chi connectivity index (χ3n) is 2.10. The minimum atomic E-state index is -1.39. The van der Waals surface area contributed by atoms with Gasteiger partial charge in [0, 0.05) is 3.57 Å². The average molecular weight is 304 g/mol. The molecule has 0 aliphatic heterocycles. The topological polar surface area (TPSA) is 40.5 Å². The summed E-state index contributed by atoms with van der Waals surface area (Å²) in [5, 5.41) is 18.5. The second-order valence-corrected chi connectivity index (χ2v) is 5.60. The highest BCUT2D eigenvalue weighted by Crippen LogP contribution is 2.21. The maximum absolute atomic E-state index is 9.24. The highest BCUT2D eigenvalue weighted by molar-refractivity contribution is 14.1. The van der Waals surface area contributed by atoms with E-state index in [1.165, 1.54) is 0 Å². The van der Waals surface area contributed by atoms with Crippen LogP contribution in [0.2, 0.25) is 0 Å². The summed E-state index contributed by atoms with van der Waals surface area (Å²) in [6.45, 7) is 6.17. The molecule has 2 nitrogen and oxygen atoms in total. The summed E-state index contributed by atoms with van der Waals surface area (Å²) >= 11 is 2.16. The first kappa shape index (κ1) is 12.0. The van der Waals surface area contributed by atoms with Gasteiger partial charge in [-0.25, -0.2) is 0 Å². The quantitative estimate of drug-likeness (QED) is 0.606. The summed E-state index contributed by atoms with van der Waals surface area (Å²) in [6.07, 6.45) is 0. The van der Waals surface area contributed by atoms with Crippen molar-refractivity contribution < 1.29 is 10.0 Å². The Hall–Kier alpha value is -0.0651. The number of hydrogen-bond acceptors (Lipinski definition) is 2. The van der Waals surface area contributed by atoms with Crippen molar-refractivity contribution in [1.29, 1.82) is 0 Å². The van der Waals surface area contributed by atoms with Gasteiger partial charge in [0.1, 0.15) is 0 Å². The Balaban J connectivity index is 3.29. The highest BCUT2D eigenvalue weighted by atomic mass is 127. The summed E-state index contributed by atoms with van der Waals surface area (Å²) in [5.74, 6) is 0. The molecule has 0 bridgehead atoms. The second-order valence-electron chi connectivity index (χ2n) is 4.36. The number of halogens is 1. The highest BCUT2D eigenvalue weighted by Gasteiger charge is 2.23. The van der Waals surface area contributed by atoms with Crippen molar-refractivity contribution in [3.63, 3.8) is 0 Å². The lowest BCUT2D eigenvalue weighted by molar-refractivity contribution is 0.424.